The summed E-state index contributed by atoms with van der Waals surface area (Å²) >= 11 is 10.9. The fraction of sp³-hybridized carbons (Fsp3) is 0. The molecule has 4 nitrogen and oxygen atoms in total. The van der Waals surface area contributed by atoms with Crippen molar-refractivity contribution in [1.29, 1.82) is 0 Å². The van der Waals surface area contributed by atoms with Crippen molar-refractivity contribution in [2.75, 3.05) is 0 Å². The van der Waals surface area contributed by atoms with E-state index in [1.165, 1.54) is 0 Å². The van der Waals surface area contributed by atoms with Gasteiger partial charge >= 0.3 is 16.8 Å². The first kappa shape index (κ1) is 22.9. The second kappa shape index (κ2) is 10.1. The van der Waals surface area contributed by atoms with E-state index in [2.05, 4.69) is 20.0 Å². The van der Waals surface area contributed by atoms with Crippen molar-refractivity contribution in [3.63, 3.8) is 0 Å². The molecule has 5 rings (SSSR count). The van der Waals surface area contributed by atoms with E-state index >= 15 is 0 Å². The Kier molecular flexibility index (Phi) is 7.05. The van der Waals surface area contributed by atoms with E-state index < -0.39 is 0 Å². The van der Waals surface area contributed by atoms with Crippen molar-refractivity contribution in [3.8, 4) is 0 Å². The standard InChI is InChI=1S/C26H18N4S2.Co/c31-25-19(13-17-7-1-3-9-21(17)29-25)15-27-23-11-5-6-12-24(23)28-16-20-14-18-8-2-4-10-22(18)30-26(20)32;/h1-16H,(H,29,31)(H,30,32);/q;+2/p-2. The monoisotopic (exact) mass is 507 g/mol. The quantitative estimate of drug-likeness (QED) is 0.218. The van der Waals surface area contributed by atoms with E-state index in [0.717, 1.165) is 44.3 Å². The molecule has 0 unspecified atom stereocenters. The van der Waals surface area contributed by atoms with Crippen LogP contribution in [-0.2, 0) is 42.0 Å². The van der Waals surface area contributed by atoms with Gasteiger partial charge in [-0.15, -0.1) is 0 Å². The van der Waals surface area contributed by atoms with Gasteiger partial charge in [0.1, 0.15) is 0 Å². The molecule has 0 aliphatic rings. The maximum atomic E-state index is 5.45. The Labute approximate surface area is 212 Å². The predicted molar refractivity (Wildman–Crippen MR) is 136 cm³/mol. The Bertz CT molecular complexity index is 1400. The van der Waals surface area contributed by atoms with Gasteiger partial charge in [0.25, 0.3) is 0 Å². The maximum Gasteiger partial charge on any atom is 2.00 e. The van der Waals surface area contributed by atoms with Crippen molar-refractivity contribution in [2.24, 2.45) is 9.98 Å². The van der Waals surface area contributed by atoms with Gasteiger partial charge in [-0.25, -0.2) is 0 Å². The van der Waals surface area contributed by atoms with Gasteiger partial charge in [0, 0.05) is 23.2 Å². The fourth-order valence-corrected chi connectivity index (χ4v) is 3.79. The molecule has 0 fully saturated rings. The summed E-state index contributed by atoms with van der Waals surface area (Å²) in [5, 5.41) is 3.09. The molecule has 5 aromatic rings. The molecule has 33 heavy (non-hydrogen) atoms. The van der Waals surface area contributed by atoms with Crippen LogP contribution in [-0.4, -0.2) is 22.4 Å². The van der Waals surface area contributed by atoms with E-state index in [1.807, 2.05) is 84.9 Å². The molecule has 0 aliphatic heterocycles. The fourth-order valence-electron chi connectivity index (χ4n) is 3.37. The Balaban J connectivity index is 0.00000259. The second-order valence-corrected chi connectivity index (χ2v) is 7.93. The van der Waals surface area contributed by atoms with Crippen LogP contribution < -0.4 is 0 Å². The number of para-hydroxylation sites is 4. The van der Waals surface area contributed by atoms with Gasteiger partial charge in [-0.3, -0.25) is 20.0 Å². The number of benzene rings is 3. The minimum absolute atomic E-state index is 0. The van der Waals surface area contributed by atoms with Crippen LogP contribution in [0.2, 0.25) is 0 Å². The predicted octanol–water partition coefficient (Wildman–Crippen LogP) is 6.09. The van der Waals surface area contributed by atoms with Crippen LogP contribution in [0.1, 0.15) is 11.1 Å². The summed E-state index contributed by atoms with van der Waals surface area (Å²) in [7, 11) is 0. The molecular formula is C26H16CoN4S2. The molecule has 7 heteroatoms. The number of rotatable bonds is 4. The summed E-state index contributed by atoms with van der Waals surface area (Å²) in [5.41, 5.74) is 4.80. The van der Waals surface area contributed by atoms with Crippen molar-refractivity contribution in [2.45, 2.75) is 10.1 Å². The normalized spacial score (nSPS) is 11.4. The molecule has 0 saturated carbocycles. The number of hydrogen-bond acceptors (Lipinski definition) is 6. The van der Waals surface area contributed by atoms with Gasteiger partial charge < -0.3 is 25.3 Å². The zero-order chi connectivity index (χ0) is 21.9. The Morgan fingerprint density at radius 1 is 0.576 bits per heavy atom. The molecule has 0 saturated heterocycles. The van der Waals surface area contributed by atoms with Crippen LogP contribution in [0.5, 0.6) is 0 Å². The average Bonchev–Trinajstić information content (AvgIpc) is 2.82. The molecule has 0 bridgehead atoms. The summed E-state index contributed by atoms with van der Waals surface area (Å²) in [4.78, 5) is 18.3. The first-order valence-corrected chi connectivity index (χ1v) is 10.8. The van der Waals surface area contributed by atoms with Crippen LogP contribution in [0.3, 0.4) is 0 Å². The number of fused-ring (bicyclic) bond motifs is 2. The van der Waals surface area contributed by atoms with Crippen LogP contribution in [0, 0.1) is 0 Å². The molecule has 0 atom stereocenters. The van der Waals surface area contributed by atoms with Crippen molar-refractivity contribution >= 4 is 70.9 Å². The maximum absolute atomic E-state index is 5.45. The second-order valence-electron chi connectivity index (χ2n) is 7.16. The van der Waals surface area contributed by atoms with Gasteiger partial charge in [0.15, 0.2) is 0 Å². The van der Waals surface area contributed by atoms with Crippen LogP contribution >= 0.6 is 0 Å². The number of aliphatic imine (C=N–C) groups is 2. The van der Waals surface area contributed by atoms with Crippen molar-refractivity contribution in [1.82, 2.24) is 9.97 Å². The van der Waals surface area contributed by atoms with Crippen molar-refractivity contribution in [3.05, 3.63) is 96.1 Å². The smallest absolute Gasteiger partial charge is 0.760 e. The van der Waals surface area contributed by atoms with E-state index in [0.29, 0.717) is 10.1 Å². The Morgan fingerprint density at radius 3 is 1.42 bits per heavy atom. The van der Waals surface area contributed by atoms with Gasteiger partial charge in [0.05, 0.1) is 22.4 Å². The molecule has 0 N–H and O–H groups in total. The molecule has 0 amide bonds. The first-order valence-electron chi connectivity index (χ1n) is 9.98. The van der Waals surface area contributed by atoms with Gasteiger partial charge in [-0.05, 0) is 47.5 Å². The molecule has 0 aliphatic carbocycles. The van der Waals surface area contributed by atoms with Crippen LogP contribution in [0.25, 0.3) is 21.8 Å². The third kappa shape index (κ3) is 5.07. The third-order valence-corrected chi connectivity index (χ3v) is 5.65. The van der Waals surface area contributed by atoms with Gasteiger partial charge in [-0.1, -0.05) is 58.6 Å². The third-order valence-electron chi connectivity index (χ3n) is 5.00. The molecule has 1 radical (unpaired) electrons. The van der Waals surface area contributed by atoms with Gasteiger partial charge in [0.2, 0.25) is 0 Å². The van der Waals surface area contributed by atoms with Gasteiger partial charge in [-0.2, -0.15) is 0 Å². The summed E-state index contributed by atoms with van der Waals surface area (Å²) in [6.07, 6.45) is 3.48. The van der Waals surface area contributed by atoms with E-state index in [9.17, 15) is 0 Å². The van der Waals surface area contributed by atoms with E-state index in [4.69, 9.17) is 25.3 Å². The summed E-state index contributed by atoms with van der Waals surface area (Å²) in [6, 6.07) is 27.5. The summed E-state index contributed by atoms with van der Waals surface area (Å²) in [5.74, 6) is 0. The molecule has 3 aromatic carbocycles. The van der Waals surface area contributed by atoms with Crippen LogP contribution in [0.4, 0.5) is 11.4 Å². The van der Waals surface area contributed by atoms with E-state index in [1.54, 1.807) is 12.4 Å². The molecular weight excluding hydrogens is 491 g/mol. The zero-order valence-corrected chi connectivity index (χ0v) is 19.9. The summed E-state index contributed by atoms with van der Waals surface area (Å²) < 4.78 is 0. The zero-order valence-electron chi connectivity index (χ0n) is 17.2. The number of hydrogen-bond donors (Lipinski definition) is 0. The van der Waals surface area contributed by atoms with E-state index in [-0.39, 0.29) is 16.8 Å². The Hall–Kier alpha value is -3.23. The average molecular weight is 508 g/mol. The number of pyridine rings is 2. The largest absolute Gasteiger partial charge is 2.00 e. The van der Waals surface area contributed by atoms with Crippen molar-refractivity contribution < 1.29 is 16.8 Å². The molecule has 161 valence electrons. The molecule has 0 spiro atoms. The minimum atomic E-state index is 0. The number of aromatic nitrogens is 2. The number of nitrogens with zero attached hydrogens (tertiary/aromatic N) is 4. The summed E-state index contributed by atoms with van der Waals surface area (Å²) in [6.45, 7) is 0. The molecule has 2 heterocycles. The first-order chi connectivity index (χ1) is 15.7. The topological polar surface area (TPSA) is 50.5 Å². The Morgan fingerprint density at radius 2 is 0.970 bits per heavy atom. The SMILES string of the molecule is [Co+2].[S-]c1nc2ccccc2cc1C=Nc1ccccc1N=Cc1cc2ccccc2nc1[S-]. The van der Waals surface area contributed by atoms with Crippen LogP contribution in [0.15, 0.2) is 105 Å². The molecule has 2 aromatic heterocycles. The minimum Gasteiger partial charge on any atom is -0.760 e.